The Morgan fingerprint density at radius 2 is 1.94 bits per heavy atom. The third kappa shape index (κ3) is 6.37. The van der Waals surface area contributed by atoms with Gasteiger partial charge >= 0.3 is 11.8 Å². The van der Waals surface area contributed by atoms with Crippen molar-refractivity contribution in [2.24, 2.45) is 22.4 Å². The molecule has 0 heterocycles. The van der Waals surface area contributed by atoms with Crippen molar-refractivity contribution < 1.29 is 14.0 Å². The van der Waals surface area contributed by atoms with Crippen LogP contribution in [0.25, 0.3) is 0 Å². The number of anilines is 1. The second kappa shape index (κ2) is 11.8. The molecule has 10 heteroatoms. The van der Waals surface area contributed by atoms with Crippen molar-refractivity contribution in [1.82, 2.24) is 10.6 Å². The van der Waals surface area contributed by atoms with E-state index in [0.29, 0.717) is 6.54 Å². The minimum Gasteiger partial charge on any atom is -0.370 e. The van der Waals surface area contributed by atoms with Crippen LogP contribution in [0.1, 0.15) is 41.5 Å². The summed E-state index contributed by atoms with van der Waals surface area (Å²) in [5.74, 6) is -2.66. The zero-order valence-electron chi connectivity index (χ0n) is 19.5. The molecule has 2 amide bonds. The van der Waals surface area contributed by atoms with E-state index in [4.69, 9.17) is 23.1 Å². The Kier molecular flexibility index (Phi) is 8.84. The van der Waals surface area contributed by atoms with Crippen molar-refractivity contribution in [3.8, 4) is 0 Å². The molecule has 35 heavy (non-hydrogen) atoms. The molecular weight excluding hydrogens is 471 g/mol. The molecule has 3 atom stereocenters. The Morgan fingerprint density at radius 3 is 2.60 bits per heavy atom. The number of hydrogen-bond acceptors (Lipinski definition) is 4. The summed E-state index contributed by atoms with van der Waals surface area (Å²) in [5.41, 5.74) is 14.4. The lowest BCUT2D eigenvalue weighted by Crippen LogP contribution is -2.40. The predicted octanol–water partition coefficient (Wildman–Crippen LogP) is 2.95. The van der Waals surface area contributed by atoms with Crippen LogP contribution in [0.5, 0.6) is 0 Å². The molecule has 186 valence electrons. The minimum atomic E-state index is -0.921. The first kappa shape index (κ1) is 26.2. The lowest BCUT2D eigenvalue weighted by Gasteiger charge is -2.25. The van der Waals surface area contributed by atoms with E-state index in [2.05, 4.69) is 33.6 Å². The van der Waals surface area contributed by atoms with Gasteiger partial charge in [-0.05, 0) is 60.7 Å². The van der Waals surface area contributed by atoms with Crippen molar-refractivity contribution in [1.29, 1.82) is 0 Å². The highest BCUT2D eigenvalue weighted by Gasteiger charge is 2.41. The van der Waals surface area contributed by atoms with Crippen LogP contribution >= 0.6 is 11.6 Å². The SMILES string of the molecule is C=CCC[C@@H]1c2cc(CNC)ccc2[C@H](NC(=O)C(=O)Nc2ccc(Cl)c(F)c2)[C@H]1CN=C(N)N. The van der Waals surface area contributed by atoms with E-state index in [1.54, 1.807) is 0 Å². The second-order valence-corrected chi connectivity index (χ2v) is 8.84. The molecule has 0 radical (unpaired) electrons. The number of allylic oxidation sites excluding steroid dienone is 1. The number of halogens is 2. The highest BCUT2D eigenvalue weighted by Crippen LogP contribution is 2.48. The Balaban J connectivity index is 1.89. The fourth-order valence-electron chi connectivity index (χ4n) is 4.50. The number of rotatable bonds is 9. The maximum Gasteiger partial charge on any atom is 0.313 e. The number of nitrogens with two attached hydrogens (primary N) is 2. The Hall–Kier alpha value is -3.43. The summed E-state index contributed by atoms with van der Waals surface area (Å²) < 4.78 is 13.7. The number of carbonyl (C=O) groups is 2. The van der Waals surface area contributed by atoms with E-state index >= 15 is 0 Å². The molecule has 0 bridgehead atoms. The van der Waals surface area contributed by atoms with Gasteiger partial charge in [-0.25, -0.2) is 4.39 Å². The topological polar surface area (TPSA) is 135 Å². The first-order valence-corrected chi connectivity index (χ1v) is 11.6. The number of amides is 2. The number of fused-ring (bicyclic) bond motifs is 1. The Bertz CT molecular complexity index is 1130. The highest BCUT2D eigenvalue weighted by molar-refractivity contribution is 6.39. The number of guanidine groups is 1. The van der Waals surface area contributed by atoms with Gasteiger partial charge in [0.15, 0.2) is 5.96 Å². The van der Waals surface area contributed by atoms with Gasteiger partial charge in [-0.15, -0.1) is 6.58 Å². The number of nitrogens with zero attached hydrogens (tertiary/aromatic N) is 1. The lowest BCUT2D eigenvalue weighted by molar-refractivity contribution is -0.136. The first-order valence-electron chi connectivity index (χ1n) is 11.3. The fraction of sp³-hybridized carbons (Fsp3) is 0.320. The molecule has 0 spiro atoms. The normalized spacial score (nSPS) is 18.4. The molecule has 3 rings (SSSR count). The molecule has 0 saturated carbocycles. The van der Waals surface area contributed by atoms with Gasteiger partial charge in [-0.2, -0.15) is 0 Å². The van der Waals surface area contributed by atoms with E-state index in [0.717, 1.165) is 35.6 Å². The average molecular weight is 501 g/mol. The van der Waals surface area contributed by atoms with Gasteiger partial charge < -0.3 is 27.4 Å². The molecule has 0 aromatic heterocycles. The monoisotopic (exact) mass is 500 g/mol. The number of carbonyl (C=O) groups excluding carboxylic acids is 2. The Morgan fingerprint density at radius 1 is 1.17 bits per heavy atom. The van der Waals surface area contributed by atoms with Crippen molar-refractivity contribution in [3.63, 3.8) is 0 Å². The van der Waals surface area contributed by atoms with E-state index in [1.807, 2.05) is 25.3 Å². The summed E-state index contributed by atoms with van der Waals surface area (Å²) in [7, 11) is 1.87. The number of aliphatic imine (C=N–C) groups is 1. The Labute approximate surface area is 209 Å². The van der Waals surface area contributed by atoms with E-state index < -0.39 is 23.7 Å². The van der Waals surface area contributed by atoms with Crippen molar-refractivity contribution in [2.45, 2.75) is 31.3 Å². The van der Waals surface area contributed by atoms with Crippen molar-refractivity contribution in [3.05, 3.63) is 76.6 Å². The van der Waals surface area contributed by atoms with Gasteiger partial charge in [0.2, 0.25) is 0 Å². The van der Waals surface area contributed by atoms with Crippen LogP contribution in [0.2, 0.25) is 5.02 Å². The van der Waals surface area contributed by atoms with Crippen LogP contribution in [0, 0.1) is 11.7 Å². The van der Waals surface area contributed by atoms with Gasteiger partial charge in [0.25, 0.3) is 0 Å². The van der Waals surface area contributed by atoms with Crippen molar-refractivity contribution >= 4 is 35.1 Å². The number of benzene rings is 2. The molecule has 2 aromatic rings. The summed E-state index contributed by atoms with van der Waals surface area (Å²) in [6, 6.07) is 9.34. The zero-order chi connectivity index (χ0) is 25.5. The van der Waals surface area contributed by atoms with E-state index in [1.165, 1.54) is 12.1 Å². The fourth-order valence-corrected chi connectivity index (χ4v) is 4.62. The molecule has 0 fully saturated rings. The molecule has 8 nitrogen and oxygen atoms in total. The van der Waals surface area contributed by atoms with E-state index in [9.17, 15) is 14.0 Å². The maximum absolute atomic E-state index is 13.7. The third-order valence-electron chi connectivity index (χ3n) is 6.05. The van der Waals surface area contributed by atoms with Crippen LogP contribution in [-0.2, 0) is 16.1 Å². The second-order valence-electron chi connectivity index (χ2n) is 8.43. The van der Waals surface area contributed by atoms with E-state index in [-0.39, 0.29) is 35.1 Å². The quantitative estimate of drug-likeness (QED) is 0.156. The van der Waals surface area contributed by atoms with Crippen LogP contribution in [0.4, 0.5) is 10.1 Å². The van der Waals surface area contributed by atoms with Crippen molar-refractivity contribution in [2.75, 3.05) is 18.9 Å². The maximum atomic E-state index is 13.7. The van der Waals surface area contributed by atoms with Gasteiger partial charge in [-0.3, -0.25) is 14.6 Å². The van der Waals surface area contributed by atoms with Crippen LogP contribution in [0.15, 0.2) is 54.0 Å². The summed E-state index contributed by atoms with van der Waals surface area (Å²) in [5, 5.41) is 8.32. The predicted molar refractivity (Wildman–Crippen MR) is 136 cm³/mol. The molecule has 1 aliphatic carbocycles. The summed E-state index contributed by atoms with van der Waals surface area (Å²) in [6.07, 6.45) is 3.40. The summed E-state index contributed by atoms with van der Waals surface area (Å²) >= 11 is 5.68. The van der Waals surface area contributed by atoms with Gasteiger partial charge in [0.1, 0.15) is 5.82 Å². The van der Waals surface area contributed by atoms with Crippen LogP contribution < -0.4 is 27.4 Å². The largest absolute Gasteiger partial charge is 0.370 e. The summed E-state index contributed by atoms with van der Waals surface area (Å²) in [4.78, 5) is 29.7. The zero-order valence-corrected chi connectivity index (χ0v) is 20.2. The third-order valence-corrected chi connectivity index (χ3v) is 6.35. The molecule has 0 aliphatic heterocycles. The lowest BCUT2D eigenvalue weighted by atomic mass is 9.86. The standard InChI is InChI=1S/C25H30ClFN6O2/c1-3-4-5-16-18-10-14(12-30-2)6-8-17(18)22(19(16)13-31-25(28)29)33-24(35)23(34)32-15-7-9-20(26)21(27)11-15/h3,6-11,16,19,22,30H,1,4-5,12-13H2,2H3,(H,32,34)(H,33,35)(H4,28,29,31)/t16-,19+,22+/m1/s1. The molecule has 2 aromatic carbocycles. The van der Waals surface area contributed by atoms with Crippen LogP contribution in [0.3, 0.4) is 0 Å². The average Bonchev–Trinajstić information content (AvgIpc) is 3.10. The van der Waals surface area contributed by atoms with Gasteiger partial charge in [-0.1, -0.05) is 35.9 Å². The molecule has 7 N–H and O–H groups in total. The molecule has 1 aliphatic rings. The first-order chi connectivity index (χ1) is 16.7. The smallest absolute Gasteiger partial charge is 0.313 e. The molecule has 0 saturated heterocycles. The van der Waals surface area contributed by atoms with Gasteiger partial charge in [0, 0.05) is 24.7 Å². The highest BCUT2D eigenvalue weighted by atomic mass is 35.5. The van der Waals surface area contributed by atoms with Gasteiger partial charge in [0.05, 0.1) is 11.1 Å². The molecule has 0 unspecified atom stereocenters. The minimum absolute atomic E-state index is 0.0432. The molecular formula is C25H30ClFN6O2. The number of nitrogens with one attached hydrogen (secondary N) is 3. The number of hydrogen-bond donors (Lipinski definition) is 5. The van der Waals surface area contributed by atoms with Crippen LogP contribution in [-0.4, -0.2) is 31.4 Å². The summed E-state index contributed by atoms with van der Waals surface area (Å²) in [6.45, 7) is 4.80.